The highest BCUT2D eigenvalue weighted by molar-refractivity contribution is 9.10. The van der Waals surface area contributed by atoms with Gasteiger partial charge in [-0.1, -0.05) is 64.5 Å². The molecular weight excluding hydrogens is 388 g/mol. The lowest BCUT2D eigenvalue weighted by Crippen LogP contribution is -1.98. The van der Waals surface area contributed by atoms with Gasteiger partial charge in [-0.3, -0.25) is 0 Å². The number of hydrogen-bond donors (Lipinski definition) is 0. The van der Waals surface area contributed by atoms with Crippen LogP contribution < -0.4 is 0 Å². The van der Waals surface area contributed by atoms with E-state index in [9.17, 15) is 0 Å². The molecule has 0 radical (unpaired) electrons. The van der Waals surface area contributed by atoms with Crippen LogP contribution in [-0.4, -0.2) is 19.7 Å². The van der Waals surface area contributed by atoms with Crippen LogP contribution in [0.4, 0.5) is 0 Å². The van der Waals surface area contributed by atoms with Crippen LogP contribution in [0.5, 0.6) is 0 Å². The summed E-state index contributed by atoms with van der Waals surface area (Å²) in [4.78, 5) is 9.74. The van der Waals surface area contributed by atoms with Crippen LogP contribution in [0.15, 0.2) is 83.3 Å². The van der Waals surface area contributed by atoms with Gasteiger partial charge in [-0.25, -0.2) is 14.6 Å². The third kappa shape index (κ3) is 2.48. The maximum absolute atomic E-state index is 4.89. The van der Waals surface area contributed by atoms with Crippen molar-refractivity contribution in [3.63, 3.8) is 0 Å². The molecule has 0 atom stereocenters. The minimum atomic E-state index is 0.755. The first-order valence-corrected chi connectivity index (χ1v) is 9.06. The fourth-order valence-corrected chi connectivity index (χ4v) is 3.41. The van der Waals surface area contributed by atoms with Crippen LogP contribution in [0, 0.1) is 0 Å². The number of aromatic nitrogens is 4. The molecule has 0 aliphatic heterocycles. The highest BCUT2D eigenvalue weighted by Crippen LogP contribution is 2.29. The average molecular weight is 401 g/mol. The van der Waals surface area contributed by atoms with E-state index in [1.54, 1.807) is 0 Å². The molecule has 0 fully saturated rings. The van der Waals surface area contributed by atoms with E-state index in [1.807, 2.05) is 83.5 Å². The summed E-state index contributed by atoms with van der Waals surface area (Å²) < 4.78 is 2.85. The van der Waals surface area contributed by atoms with E-state index in [1.165, 1.54) is 0 Å². The molecule has 0 saturated carbocycles. The Kier molecular flexibility index (Phi) is 3.53. The molecule has 0 N–H and O–H groups in total. The van der Waals surface area contributed by atoms with Crippen molar-refractivity contribution in [3.8, 4) is 16.9 Å². The number of benzene rings is 3. The average Bonchev–Trinajstić information content (AvgIpc) is 3.06. The van der Waals surface area contributed by atoms with Crippen LogP contribution in [0.1, 0.15) is 0 Å². The molecule has 5 aromatic rings. The molecular formula is C21H13BrN4. The van der Waals surface area contributed by atoms with Gasteiger partial charge in [-0.05, 0) is 30.3 Å². The molecule has 0 amide bonds. The number of fused-ring (bicyclic) bond motifs is 2. The predicted octanol–water partition coefficient (Wildman–Crippen LogP) is 5.40. The van der Waals surface area contributed by atoms with Gasteiger partial charge >= 0.3 is 0 Å². The minimum absolute atomic E-state index is 0.755. The van der Waals surface area contributed by atoms with Crippen molar-refractivity contribution in [2.24, 2.45) is 0 Å². The molecule has 0 saturated heterocycles. The molecule has 5 rings (SSSR count). The minimum Gasteiger partial charge on any atom is -0.240 e. The summed E-state index contributed by atoms with van der Waals surface area (Å²) in [5.74, 6) is 0. The first-order chi connectivity index (χ1) is 12.8. The van der Waals surface area contributed by atoms with Gasteiger partial charge in [0, 0.05) is 10.0 Å². The van der Waals surface area contributed by atoms with Crippen LogP contribution in [0.2, 0.25) is 0 Å². The lowest BCUT2D eigenvalue weighted by molar-refractivity contribution is 0.903. The Bertz CT molecular complexity index is 1230. The molecule has 0 unspecified atom stereocenters. The predicted molar refractivity (Wildman–Crippen MR) is 107 cm³/mol. The molecule has 0 aliphatic rings. The Balaban J connectivity index is 1.89. The molecule has 0 spiro atoms. The lowest BCUT2D eigenvalue weighted by Gasteiger charge is -2.03. The summed E-state index contributed by atoms with van der Waals surface area (Å²) in [7, 11) is 0. The zero-order chi connectivity index (χ0) is 17.5. The number of hydrogen-bond acceptors (Lipinski definition) is 3. The van der Waals surface area contributed by atoms with Gasteiger partial charge in [0.2, 0.25) is 0 Å². The van der Waals surface area contributed by atoms with Crippen molar-refractivity contribution in [2.45, 2.75) is 0 Å². The van der Waals surface area contributed by atoms with Crippen molar-refractivity contribution in [1.29, 1.82) is 0 Å². The highest BCUT2D eigenvalue weighted by atomic mass is 79.9. The molecule has 4 nitrogen and oxygen atoms in total. The van der Waals surface area contributed by atoms with Crippen LogP contribution in [0.25, 0.3) is 39.1 Å². The Morgan fingerprint density at radius 2 is 1.46 bits per heavy atom. The van der Waals surface area contributed by atoms with Crippen LogP contribution in [-0.2, 0) is 0 Å². The fraction of sp³-hybridized carbons (Fsp3) is 0. The summed E-state index contributed by atoms with van der Waals surface area (Å²) in [5, 5.41) is 4.86. The zero-order valence-electron chi connectivity index (χ0n) is 13.7. The summed E-state index contributed by atoms with van der Waals surface area (Å²) in [6.07, 6.45) is 0. The zero-order valence-corrected chi connectivity index (χ0v) is 15.3. The molecule has 2 heterocycles. The van der Waals surface area contributed by atoms with E-state index < -0.39 is 0 Å². The SMILES string of the molecule is Brc1ccc2nc3c(nc2c1)c(-c1ccccc1)nn3-c1ccccc1. The van der Waals surface area contributed by atoms with Crippen LogP contribution in [0.3, 0.4) is 0 Å². The first kappa shape index (κ1) is 15.2. The summed E-state index contributed by atoms with van der Waals surface area (Å²) >= 11 is 3.51. The monoisotopic (exact) mass is 400 g/mol. The highest BCUT2D eigenvalue weighted by Gasteiger charge is 2.17. The normalized spacial score (nSPS) is 11.3. The fourth-order valence-electron chi connectivity index (χ4n) is 3.06. The van der Waals surface area contributed by atoms with Gasteiger partial charge in [0.1, 0.15) is 11.2 Å². The molecule has 26 heavy (non-hydrogen) atoms. The van der Waals surface area contributed by atoms with Crippen LogP contribution >= 0.6 is 15.9 Å². The summed E-state index contributed by atoms with van der Waals surface area (Å²) in [6.45, 7) is 0. The summed E-state index contributed by atoms with van der Waals surface area (Å²) in [6, 6.07) is 26.1. The molecule has 2 aromatic heterocycles. The van der Waals surface area contributed by atoms with E-state index in [-0.39, 0.29) is 0 Å². The van der Waals surface area contributed by atoms with Crippen molar-refractivity contribution >= 4 is 38.1 Å². The van der Waals surface area contributed by atoms with Crippen molar-refractivity contribution in [3.05, 3.63) is 83.3 Å². The molecule has 3 aromatic carbocycles. The second-order valence-electron chi connectivity index (χ2n) is 5.99. The van der Waals surface area contributed by atoms with Gasteiger partial charge < -0.3 is 0 Å². The number of nitrogens with zero attached hydrogens (tertiary/aromatic N) is 4. The molecule has 124 valence electrons. The second-order valence-corrected chi connectivity index (χ2v) is 6.91. The quantitative estimate of drug-likeness (QED) is 0.398. The maximum atomic E-state index is 4.89. The van der Waals surface area contributed by atoms with Crippen molar-refractivity contribution in [1.82, 2.24) is 19.7 Å². The van der Waals surface area contributed by atoms with Crippen molar-refractivity contribution < 1.29 is 0 Å². The first-order valence-electron chi connectivity index (χ1n) is 8.26. The van der Waals surface area contributed by atoms with Gasteiger partial charge in [0.15, 0.2) is 5.65 Å². The van der Waals surface area contributed by atoms with Gasteiger partial charge in [0.05, 0.1) is 16.7 Å². The number of para-hydroxylation sites is 1. The van der Waals surface area contributed by atoms with Gasteiger partial charge in [-0.15, -0.1) is 0 Å². The van der Waals surface area contributed by atoms with Gasteiger partial charge in [-0.2, -0.15) is 5.10 Å². The molecule has 0 bridgehead atoms. The Morgan fingerprint density at radius 3 is 2.23 bits per heavy atom. The smallest absolute Gasteiger partial charge is 0.182 e. The Hall–Kier alpha value is -3.05. The standard InChI is InChI=1S/C21H13BrN4/c22-15-11-12-17-18(13-15)23-20-19(14-7-3-1-4-8-14)25-26(21(20)24-17)16-9-5-2-6-10-16/h1-13H. The third-order valence-electron chi connectivity index (χ3n) is 4.28. The Morgan fingerprint density at radius 1 is 0.731 bits per heavy atom. The van der Waals surface area contributed by atoms with Gasteiger partial charge in [0.25, 0.3) is 0 Å². The lowest BCUT2D eigenvalue weighted by atomic mass is 10.1. The largest absolute Gasteiger partial charge is 0.240 e. The summed E-state index contributed by atoms with van der Waals surface area (Å²) in [5.41, 5.74) is 6.06. The Labute approximate surface area is 158 Å². The van der Waals surface area contributed by atoms with E-state index in [0.717, 1.165) is 43.6 Å². The maximum Gasteiger partial charge on any atom is 0.182 e. The van der Waals surface area contributed by atoms with E-state index in [4.69, 9.17) is 15.1 Å². The number of halogens is 1. The molecule has 0 aliphatic carbocycles. The van der Waals surface area contributed by atoms with Crippen molar-refractivity contribution in [2.75, 3.05) is 0 Å². The second kappa shape index (κ2) is 6.04. The van der Waals surface area contributed by atoms with E-state index in [2.05, 4.69) is 15.9 Å². The number of rotatable bonds is 2. The topological polar surface area (TPSA) is 43.6 Å². The van der Waals surface area contributed by atoms with E-state index in [0.29, 0.717) is 0 Å². The third-order valence-corrected chi connectivity index (χ3v) is 4.77. The molecule has 5 heteroatoms. The van der Waals surface area contributed by atoms with E-state index >= 15 is 0 Å².